The maximum Gasteiger partial charge on any atom is 0.407 e. The van der Waals surface area contributed by atoms with E-state index in [9.17, 15) is 9.90 Å². The largest absolute Gasteiger partial charge is 0.465 e. The Morgan fingerprint density at radius 3 is 2.58 bits per heavy atom. The van der Waals surface area contributed by atoms with Gasteiger partial charge in [0.15, 0.2) is 0 Å². The van der Waals surface area contributed by atoms with Gasteiger partial charge in [0, 0.05) is 23.7 Å². The van der Waals surface area contributed by atoms with E-state index >= 15 is 0 Å². The van der Waals surface area contributed by atoms with Gasteiger partial charge in [-0.3, -0.25) is 0 Å². The number of benzene rings is 1. The summed E-state index contributed by atoms with van der Waals surface area (Å²) in [7, 11) is 0. The lowest BCUT2D eigenvalue weighted by Gasteiger charge is -2.36. The molecule has 1 fully saturated rings. The first kappa shape index (κ1) is 14.2. The van der Waals surface area contributed by atoms with Gasteiger partial charge >= 0.3 is 6.09 Å². The summed E-state index contributed by atoms with van der Waals surface area (Å²) in [5.41, 5.74) is 0.456. The minimum Gasteiger partial charge on any atom is -0.465 e. The van der Waals surface area contributed by atoms with Crippen molar-refractivity contribution in [3.05, 3.63) is 29.8 Å². The van der Waals surface area contributed by atoms with Crippen LogP contribution < -0.4 is 0 Å². The minimum atomic E-state index is -0.895. The number of aryl methyl sites for hydroxylation is 1. The number of rotatable bonds is 3. The predicted octanol–water partition coefficient (Wildman–Crippen LogP) is 2.59. The van der Waals surface area contributed by atoms with Crippen LogP contribution in [0.2, 0.25) is 0 Å². The van der Waals surface area contributed by atoms with E-state index in [0.717, 1.165) is 0 Å². The van der Waals surface area contributed by atoms with Gasteiger partial charge in [-0.1, -0.05) is 18.2 Å². The minimum absolute atomic E-state index is 0.417. The van der Waals surface area contributed by atoms with Crippen LogP contribution in [0.4, 0.5) is 4.79 Å². The quantitative estimate of drug-likeness (QED) is 0.836. The van der Waals surface area contributed by atoms with E-state index in [1.54, 1.807) is 11.8 Å². The van der Waals surface area contributed by atoms with Crippen LogP contribution in [-0.2, 0) is 0 Å². The van der Waals surface area contributed by atoms with Gasteiger partial charge < -0.3 is 15.1 Å². The zero-order chi connectivity index (χ0) is 13.9. The Bertz CT molecular complexity index is 456. The fraction of sp³-hybridized carbons (Fsp3) is 0.500. The highest BCUT2D eigenvalue weighted by Gasteiger charge is 2.33. The number of thioether (sulfide) groups is 1. The predicted molar refractivity (Wildman–Crippen MR) is 75.7 cm³/mol. The average Bonchev–Trinajstić information content (AvgIpc) is 2.38. The Hall–Kier alpha value is -1.20. The highest BCUT2D eigenvalue weighted by atomic mass is 32.2. The van der Waals surface area contributed by atoms with Crippen LogP contribution >= 0.6 is 11.8 Å². The topological polar surface area (TPSA) is 60.8 Å². The number of carboxylic acid groups (broad SMARTS) is 1. The van der Waals surface area contributed by atoms with Gasteiger partial charge in [-0.25, -0.2) is 4.79 Å². The van der Waals surface area contributed by atoms with Crippen LogP contribution in [0.1, 0.15) is 18.4 Å². The van der Waals surface area contributed by atoms with Crippen LogP contribution in [0, 0.1) is 6.92 Å². The van der Waals surface area contributed by atoms with E-state index in [1.807, 2.05) is 12.1 Å². The molecule has 5 heteroatoms. The van der Waals surface area contributed by atoms with Crippen molar-refractivity contribution in [1.82, 2.24) is 4.90 Å². The molecule has 0 radical (unpaired) electrons. The van der Waals surface area contributed by atoms with E-state index < -0.39 is 11.7 Å². The summed E-state index contributed by atoms with van der Waals surface area (Å²) in [6, 6.07) is 8.10. The summed E-state index contributed by atoms with van der Waals surface area (Å²) in [6.45, 7) is 2.89. The van der Waals surface area contributed by atoms with Crippen LogP contribution in [0.3, 0.4) is 0 Å². The zero-order valence-corrected chi connectivity index (χ0v) is 11.8. The SMILES string of the molecule is Cc1ccccc1SCC1(O)CCN(C(=O)O)CC1. The Morgan fingerprint density at radius 2 is 2.00 bits per heavy atom. The second-order valence-corrected chi connectivity index (χ2v) is 6.07. The Balaban J connectivity index is 1.90. The molecule has 4 nitrogen and oxygen atoms in total. The molecule has 1 saturated heterocycles. The Kier molecular flexibility index (Phi) is 4.37. The fourth-order valence-corrected chi connectivity index (χ4v) is 3.37. The van der Waals surface area contributed by atoms with Crippen LogP contribution in [0.15, 0.2) is 29.2 Å². The summed E-state index contributed by atoms with van der Waals surface area (Å²) in [4.78, 5) is 13.4. The summed E-state index contributed by atoms with van der Waals surface area (Å²) in [5, 5.41) is 19.4. The number of nitrogens with zero attached hydrogens (tertiary/aromatic N) is 1. The molecule has 1 amide bonds. The van der Waals surface area contributed by atoms with E-state index in [4.69, 9.17) is 5.11 Å². The first-order valence-electron chi connectivity index (χ1n) is 6.39. The molecule has 0 unspecified atom stereocenters. The van der Waals surface area contributed by atoms with Gasteiger partial charge in [-0.15, -0.1) is 11.8 Å². The van der Waals surface area contributed by atoms with Crippen molar-refractivity contribution in [3.8, 4) is 0 Å². The number of carbonyl (C=O) groups is 1. The van der Waals surface area contributed by atoms with Gasteiger partial charge in [-0.05, 0) is 31.4 Å². The second kappa shape index (κ2) is 5.84. The van der Waals surface area contributed by atoms with Crippen molar-refractivity contribution in [2.75, 3.05) is 18.8 Å². The number of amides is 1. The highest BCUT2D eigenvalue weighted by molar-refractivity contribution is 7.99. The fourth-order valence-electron chi connectivity index (χ4n) is 2.19. The lowest BCUT2D eigenvalue weighted by molar-refractivity contribution is 0.00279. The average molecular weight is 281 g/mol. The van der Waals surface area contributed by atoms with Crippen molar-refractivity contribution in [3.63, 3.8) is 0 Å². The van der Waals surface area contributed by atoms with Crippen LogP contribution in [-0.4, -0.2) is 45.6 Å². The third-order valence-electron chi connectivity index (χ3n) is 3.55. The number of likely N-dealkylation sites (tertiary alicyclic amines) is 1. The Morgan fingerprint density at radius 1 is 1.37 bits per heavy atom. The monoisotopic (exact) mass is 281 g/mol. The van der Waals surface area contributed by atoms with Gasteiger partial charge in [-0.2, -0.15) is 0 Å². The first-order chi connectivity index (χ1) is 9.00. The third-order valence-corrected chi connectivity index (χ3v) is 5.01. The number of hydrogen-bond acceptors (Lipinski definition) is 3. The van der Waals surface area contributed by atoms with Crippen LogP contribution in [0.5, 0.6) is 0 Å². The molecule has 1 aromatic rings. The normalized spacial score (nSPS) is 18.3. The van der Waals surface area contributed by atoms with E-state index in [2.05, 4.69) is 19.1 Å². The standard InChI is InChI=1S/C14H19NO3S/c1-11-4-2-3-5-12(11)19-10-14(18)6-8-15(9-7-14)13(16)17/h2-5,18H,6-10H2,1H3,(H,16,17). The Labute approximate surface area is 117 Å². The molecule has 0 aliphatic carbocycles. The molecular formula is C14H19NO3S. The molecule has 1 aromatic carbocycles. The summed E-state index contributed by atoms with van der Waals surface area (Å²) in [5.74, 6) is 0.616. The molecule has 0 atom stereocenters. The molecule has 1 aliphatic rings. The maximum absolute atomic E-state index is 10.8. The van der Waals surface area contributed by atoms with E-state index in [1.165, 1.54) is 15.4 Å². The summed E-state index contributed by atoms with van der Waals surface area (Å²) in [6.07, 6.45) is 0.129. The second-order valence-electron chi connectivity index (χ2n) is 5.05. The molecule has 2 rings (SSSR count). The van der Waals surface area contributed by atoms with E-state index in [-0.39, 0.29) is 0 Å². The van der Waals surface area contributed by atoms with Crippen molar-refractivity contribution in [1.29, 1.82) is 0 Å². The van der Waals surface area contributed by atoms with Gasteiger partial charge in [0.05, 0.1) is 5.60 Å². The number of aliphatic hydroxyl groups is 1. The maximum atomic E-state index is 10.8. The zero-order valence-electron chi connectivity index (χ0n) is 11.0. The molecule has 2 N–H and O–H groups in total. The molecular weight excluding hydrogens is 262 g/mol. The highest BCUT2D eigenvalue weighted by Crippen LogP contribution is 2.31. The molecule has 0 spiro atoms. The summed E-state index contributed by atoms with van der Waals surface area (Å²) < 4.78 is 0. The smallest absolute Gasteiger partial charge is 0.407 e. The number of piperidine rings is 1. The third kappa shape index (κ3) is 3.64. The molecule has 1 aliphatic heterocycles. The molecule has 19 heavy (non-hydrogen) atoms. The van der Waals surface area contributed by atoms with Crippen LogP contribution in [0.25, 0.3) is 0 Å². The van der Waals surface area contributed by atoms with Crippen molar-refractivity contribution < 1.29 is 15.0 Å². The summed E-state index contributed by atoms with van der Waals surface area (Å²) >= 11 is 1.65. The molecule has 0 saturated carbocycles. The molecule has 1 heterocycles. The number of hydrogen-bond donors (Lipinski definition) is 2. The lowest BCUT2D eigenvalue weighted by Crippen LogP contribution is -2.47. The van der Waals surface area contributed by atoms with Crippen molar-refractivity contribution in [2.45, 2.75) is 30.3 Å². The van der Waals surface area contributed by atoms with Crippen molar-refractivity contribution >= 4 is 17.9 Å². The van der Waals surface area contributed by atoms with Crippen molar-refractivity contribution in [2.24, 2.45) is 0 Å². The van der Waals surface area contributed by atoms with E-state index in [0.29, 0.717) is 31.7 Å². The molecule has 104 valence electrons. The molecule has 0 aromatic heterocycles. The first-order valence-corrected chi connectivity index (χ1v) is 7.37. The van der Waals surface area contributed by atoms with Gasteiger partial charge in [0.25, 0.3) is 0 Å². The molecule has 0 bridgehead atoms. The van der Waals surface area contributed by atoms with Gasteiger partial charge in [0.2, 0.25) is 0 Å². The lowest BCUT2D eigenvalue weighted by atomic mass is 9.94. The van der Waals surface area contributed by atoms with Gasteiger partial charge in [0.1, 0.15) is 0 Å².